The summed E-state index contributed by atoms with van der Waals surface area (Å²) in [5.41, 5.74) is 2.65. The lowest BCUT2D eigenvalue weighted by Gasteiger charge is -2.13. The van der Waals surface area contributed by atoms with Gasteiger partial charge in [-0.1, -0.05) is 0 Å². The first-order chi connectivity index (χ1) is 9.49. The zero-order valence-corrected chi connectivity index (χ0v) is 13.1. The van der Waals surface area contributed by atoms with Gasteiger partial charge in [0.25, 0.3) is 0 Å². The van der Waals surface area contributed by atoms with Gasteiger partial charge in [0.2, 0.25) is 5.91 Å². The van der Waals surface area contributed by atoms with Crippen LogP contribution in [0, 0.1) is 6.92 Å². The molecule has 0 saturated heterocycles. The molecule has 7 heteroatoms. The highest BCUT2D eigenvalue weighted by atomic mass is 35.5. The van der Waals surface area contributed by atoms with Gasteiger partial charge in [0.15, 0.2) is 5.65 Å². The predicted octanol–water partition coefficient (Wildman–Crippen LogP) is 1.43. The first-order valence-electron chi connectivity index (χ1n) is 6.68. The Morgan fingerprint density at radius 2 is 2.10 bits per heavy atom. The van der Waals surface area contributed by atoms with Gasteiger partial charge in [0, 0.05) is 32.9 Å². The van der Waals surface area contributed by atoms with Gasteiger partial charge in [-0.15, -0.1) is 11.6 Å². The minimum Gasteiger partial charge on any atom is -0.347 e. The van der Waals surface area contributed by atoms with Gasteiger partial charge in [-0.05, 0) is 13.8 Å². The largest absolute Gasteiger partial charge is 0.347 e. The first-order valence-corrected chi connectivity index (χ1v) is 7.21. The van der Waals surface area contributed by atoms with Gasteiger partial charge in [-0.25, -0.2) is 9.67 Å². The number of amides is 1. The van der Waals surface area contributed by atoms with Crippen molar-refractivity contribution in [2.24, 2.45) is 0 Å². The van der Waals surface area contributed by atoms with Gasteiger partial charge in [0.1, 0.15) is 17.9 Å². The molecule has 20 heavy (non-hydrogen) atoms. The summed E-state index contributed by atoms with van der Waals surface area (Å²) >= 11 is 5.84. The highest BCUT2D eigenvalue weighted by Crippen LogP contribution is 2.20. The smallest absolute Gasteiger partial charge is 0.242 e. The second-order valence-corrected chi connectivity index (χ2v) is 5.29. The predicted molar refractivity (Wildman–Crippen MR) is 79.0 cm³/mol. The fourth-order valence-corrected chi connectivity index (χ4v) is 2.38. The second kappa shape index (κ2) is 5.83. The Labute approximate surface area is 123 Å². The number of fused-ring (bicyclic) bond motifs is 1. The van der Waals surface area contributed by atoms with Gasteiger partial charge < -0.3 is 9.47 Å². The van der Waals surface area contributed by atoms with Crippen molar-refractivity contribution in [2.45, 2.75) is 33.4 Å². The third-order valence-corrected chi connectivity index (χ3v) is 3.48. The molecule has 2 aromatic rings. The molecular weight excluding hydrogens is 278 g/mol. The summed E-state index contributed by atoms with van der Waals surface area (Å²) in [5, 5.41) is 4.46. The van der Waals surface area contributed by atoms with Crippen LogP contribution in [-0.2, 0) is 24.3 Å². The number of aromatic nitrogens is 4. The Kier molecular flexibility index (Phi) is 4.32. The van der Waals surface area contributed by atoms with Crippen molar-refractivity contribution in [3.05, 3.63) is 11.5 Å². The lowest BCUT2D eigenvalue weighted by molar-refractivity contribution is -0.129. The van der Waals surface area contributed by atoms with Crippen LogP contribution in [0.1, 0.15) is 18.4 Å². The number of hydrogen-bond donors (Lipinski definition) is 0. The van der Waals surface area contributed by atoms with Crippen LogP contribution in [0.2, 0.25) is 0 Å². The molecule has 0 unspecified atom stereocenters. The van der Waals surface area contributed by atoms with E-state index in [4.69, 9.17) is 11.6 Å². The lowest BCUT2D eigenvalue weighted by atomic mass is 10.4. The SMILES string of the molecule is CCn1nc(C)c2nc(CCCl)n(CC(=O)N(C)C)c21. The average Bonchev–Trinajstić information content (AvgIpc) is 2.89. The number of carbonyl (C=O) groups excluding carboxylic acids is 1. The molecule has 2 aromatic heterocycles. The van der Waals surface area contributed by atoms with Crippen molar-refractivity contribution < 1.29 is 4.79 Å². The van der Waals surface area contributed by atoms with E-state index in [0.717, 1.165) is 29.2 Å². The molecule has 2 rings (SSSR count). The van der Waals surface area contributed by atoms with Crippen molar-refractivity contribution in [1.29, 1.82) is 0 Å². The molecule has 0 atom stereocenters. The molecule has 0 radical (unpaired) electrons. The van der Waals surface area contributed by atoms with Crippen molar-refractivity contribution >= 4 is 28.7 Å². The van der Waals surface area contributed by atoms with E-state index in [-0.39, 0.29) is 12.5 Å². The summed E-state index contributed by atoms with van der Waals surface area (Å²) in [6.07, 6.45) is 0.639. The van der Waals surface area contributed by atoms with Crippen LogP contribution in [0.4, 0.5) is 0 Å². The topological polar surface area (TPSA) is 56.0 Å². The second-order valence-electron chi connectivity index (χ2n) is 4.91. The molecule has 0 N–H and O–H groups in total. The highest BCUT2D eigenvalue weighted by molar-refractivity contribution is 6.17. The number of hydrogen-bond acceptors (Lipinski definition) is 3. The maximum absolute atomic E-state index is 12.0. The van der Waals surface area contributed by atoms with Crippen LogP contribution in [0.3, 0.4) is 0 Å². The van der Waals surface area contributed by atoms with Gasteiger partial charge in [-0.2, -0.15) is 5.10 Å². The number of aryl methyl sites for hydroxylation is 3. The monoisotopic (exact) mass is 297 g/mol. The van der Waals surface area contributed by atoms with E-state index < -0.39 is 0 Å². The average molecular weight is 298 g/mol. The van der Waals surface area contributed by atoms with Crippen LogP contribution in [0.25, 0.3) is 11.2 Å². The quantitative estimate of drug-likeness (QED) is 0.785. The summed E-state index contributed by atoms with van der Waals surface area (Å²) in [5.74, 6) is 1.35. The van der Waals surface area contributed by atoms with Gasteiger partial charge in [0.05, 0.1) is 5.69 Å². The van der Waals surface area contributed by atoms with Crippen LogP contribution in [-0.4, -0.2) is 50.1 Å². The van der Waals surface area contributed by atoms with E-state index in [9.17, 15) is 4.79 Å². The Balaban J connectivity index is 2.57. The minimum atomic E-state index is 0.0293. The zero-order valence-electron chi connectivity index (χ0n) is 12.4. The number of rotatable bonds is 5. The lowest BCUT2D eigenvalue weighted by Crippen LogP contribution is -2.27. The van der Waals surface area contributed by atoms with Crippen molar-refractivity contribution in [1.82, 2.24) is 24.2 Å². The fourth-order valence-electron chi connectivity index (χ4n) is 2.21. The maximum Gasteiger partial charge on any atom is 0.242 e. The molecule has 0 saturated carbocycles. The molecule has 6 nitrogen and oxygen atoms in total. The molecule has 110 valence electrons. The molecule has 0 spiro atoms. The minimum absolute atomic E-state index is 0.0293. The molecular formula is C13H20ClN5O. The Hall–Kier alpha value is -1.56. The molecule has 0 aliphatic heterocycles. The van der Waals surface area contributed by atoms with Crippen LogP contribution < -0.4 is 0 Å². The number of alkyl halides is 1. The number of halogens is 1. The van der Waals surface area contributed by atoms with Gasteiger partial charge in [-0.3, -0.25) is 4.79 Å². The van der Waals surface area contributed by atoms with E-state index in [1.54, 1.807) is 19.0 Å². The van der Waals surface area contributed by atoms with E-state index >= 15 is 0 Å². The van der Waals surface area contributed by atoms with E-state index in [1.165, 1.54) is 0 Å². The summed E-state index contributed by atoms with van der Waals surface area (Å²) in [6, 6.07) is 0. The van der Waals surface area contributed by atoms with E-state index in [0.29, 0.717) is 12.3 Å². The molecule has 1 amide bonds. The molecule has 0 aliphatic carbocycles. The Morgan fingerprint density at radius 3 is 2.65 bits per heavy atom. The van der Waals surface area contributed by atoms with Crippen LogP contribution in [0.15, 0.2) is 0 Å². The van der Waals surface area contributed by atoms with Crippen molar-refractivity contribution in [3.8, 4) is 0 Å². The summed E-state index contributed by atoms with van der Waals surface area (Å²) < 4.78 is 3.82. The van der Waals surface area contributed by atoms with Gasteiger partial charge >= 0.3 is 0 Å². The van der Waals surface area contributed by atoms with Crippen molar-refractivity contribution in [2.75, 3.05) is 20.0 Å². The number of likely N-dealkylation sites (N-methyl/N-ethyl adjacent to an activating group) is 1. The normalized spacial score (nSPS) is 11.2. The number of imidazole rings is 1. The van der Waals surface area contributed by atoms with E-state index in [1.807, 2.05) is 23.1 Å². The Morgan fingerprint density at radius 1 is 1.40 bits per heavy atom. The molecule has 0 aromatic carbocycles. The molecule has 0 bridgehead atoms. The molecule has 2 heterocycles. The number of nitrogens with zero attached hydrogens (tertiary/aromatic N) is 5. The number of carbonyl (C=O) groups is 1. The van der Waals surface area contributed by atoms with Crippen LogP contribution >= 0.6 is 11.6 Å². The standard InChI is InChI=1S/C13H20ClN5O/c1-5-19-13-12(9(2)16-19)15-10(6-7-14)18(13)8-11(20)17(3)4/h5-8H2,1-4H3. The molecule has 0 fully saturated rings. The van der Waals surface area contributed by atoms with Crippen molar-refractivity contribution in [3.63, 3.8) is 0 Å². The third kappa shape index (κ3) is 2.52. The summed E-state index contributed by atoms with van der Waals surface area (Å²) in [4.78, 5) is 18.2. The third-order valence-electron chi connectivity index (χ3n) is 3.29. The van der Waals surface area contributed by atoms with E-state index in [2.05, 4.69) is 10.1 Å². The fraction of sp³-hybridized carbons (Fsp3) is 0.615. The summed E-state index contributed by atoms with van der Waals surface area (Å²) in [7, 11) is 3.50. The summed E-state index contributed by atoms with van der Waals surface area (Å²) in [6.45, 7) is 4.97. The Bertz CT molecular complexity index is 628. The maximum atomic E-state index is 12.0. The highest BCUT2D eigenvalue weighted by Gasteiger charge is 2.20. The first kappa shape index (κ1) is 14.8. The zero-order chi connectivity index (χ0) is 14.9. The molecule has 0 aliphatic rings. The van der Waals surface area contributed by atoms with Crippen LogP contribution in [0.5, 0.6) is 0 Å².